The van der Waals surface area contributed by atoms with Crippen LogP contribution in [0.4, 0.5) is 11.4 Å². The van der Waals surface area contributed by atoms with E-state index in [1.807, 2.05) is 12.3 Å². The minimum atomic E-state index is 0.405. The van der Waals surface area contributed by atoms with Gasteiger partial charge in [-0.05, 0) is 56.7 Å². The molecule has 0 atom stereocenters. The lowest BCUT2D eigenvalue weighted by atomic mass is 10.00. The highest BCUT2D eigenvalue weighted by atomic mass is 32.2. The Morgan fingerprint density at radius 3 is 2.63 bits per heavy atom. The molecule has 1 fully saturated rings. The van der Waals surface area contributed by atoms with Crippen molar-refractivity contribution in [1.29, 1.82) is 0 Å². The van der Waals surface area contributed by atoms with Gasteiger partial charge in [0, 0.05) is 47.7 Å². The van der Waals surface area contributed by atoms with Crippen molar-refractivity contribution in [3.8, 4) is 5.75 Å². The maximum Gasteiger partial charge on any atom is 0.145 e. The van der Waals surface area contributed by atoms with Crippen molar-refractivity contribution in [2.75, 3.05) is 36.3 Å². The zero-order valence-corrected chi connectivity index (χ0v) is 17.6. The monoisotopic (exact) mass is 383 g/mol. The second kappa shape index (κ2) is 8.70. The van der Waals surface area contributed by atoms with E-state index in [-0.39, 0.29) is 0 Å². The first kappa shape index (κ1) is 19.6. The zero-order valence-electron chi connectivity index (χ0n) is 16.7. The van der Waals surface area contributed by atoms with Crippen LogP contribution in [0, 0.1) is 6.92 Å². The maximum atomic E-state index is 5.56. The van der Waals surface area contributed by atoms with Crippen molar-refractivity contribution in [2.24, 2.45) is 0 Å². The number of benzene rings is 1. The van der Waals surface area contributed by atoms with E-state index in [1.165, 1.54) is 16.1 Å². The van der Waals surface area contributed by atoms with Crippen LogP contribution in [0.3, 0.4) is 0 Å². The molecule has 1 saturated heterocycles. The largest absolute Gasteiger partial charge is 0.494 e. The van der Waals surface area contributed by atoms with Gasteiger partial charge in [0.25, 0.3) is 0 Å². The van der Waals surface area contributed by atoms with Gasteiger partial charge in [0.1, 0.15) is 11.4 Å². The van der Waals surface area contributed by atoms with Gasteiger partial charge in [-0.25, -0.2) is 0 Å². The Morgan fingerprint density at radius 1 is 1.30 bits per heavy atom. The second-order valence-corrected chi connectivity index (χ2v) is 7.90. The number of aryl methyl sites for hydroxylation is 1. The summed E-state index contributed by atoms with van der Waals surface area (Å²) >= 11 is 1.79. The number of pyridine rings is 1. The average molecular weight is 384 g/mol. The van der Waals surface area contributed by atoms with E-state index in [9.17, 15) is 0 Å². The van der Waals surface area contributed by atoms with Crippen LogP contribution in [0.5, 0.6) is 5.75 Å². The number of aromatic nitrogens is 1. The van der Waals surface area contributed by atoms with E-state index in [2.05, 4.69) is 59.7 Å². The number of rotatable bonds is 6. The Bertz CT molecular complexity index is 800. The number of anilines is 2. The number of methoxy groups -OCH3 is 1. The summed E-state index contributed by atoms with van der Waals surface area (Å²) in [5.41, 5.74) is 4.74. The predicted molar refractivity (Wildman–Crippen MR) is 116 cm³/mol. The molecular formula is C22H29N3OS. The molecule has 2 heterocycles. The van der Waals surface area contributed by atoms with Crippen LogP contribution >= 0.6 is 11.8 Å². The SMILES string of the molecule is C=C(C)N(c1cnccc1OC)C1CCN(c2ccc(SC)cc2C)CC1. The summed E-state index contributed by atoms with van der Waals surface area (Å²) in [6.45, 7) is 10.6. The topological polar surface area (TPSA) is 28.6 Å². The minimum Gasteiger partial charge on any atom is -0.494 e. The summed E-state index contributed by atoms with van der Waals surface area (Å²) in [6.07, 6.45) is 7.93. The Hall–Kier alpha value is -2.14. The molecule has 1 aliphatic heterocycles. The quantitative estimate of drug-likeness (QED) is 0.645. The average Bonchev–Trinajstić information content (AvgIpc) is 2.69. The molecule has 0 aliphatic carbocycles. The van der Waals surface area contributed by atoms with Crippen LogP contribution in [-0.2, 0) is 0 Å². The van der Waals surface area contributed by atoms with Gasteiger partial charge in [-0.1, -0.05) is 6.58 Å². The predicted octanol–water partition coefficient (Wildman–Crippen LogP) is 5.13. The highest BCUT2D eigenvalue weighted by Gasteiger charge is 2.28. The fraction of sp³-hybridized carbons (Fsp3) is 0.409. The van der Waals surface area contributed by atoms with Gasteiger partial charge < -0.3 is 14.5 Å². The Kier molecular flexibility index (Phi) is 6.32. The third-order valence-corrected chi connectivity index (χ3v) is 5.95. The second-order valence-electron chi connectivity index (χ2n) is 7.02. The van der Waals surface area contributed by atoms with Gasteiger partial charge in [-0.15, -0.1) is 11.8 Å². The lowest BCUT2D eigenvalue weighted by Crippen LogP contribution is -2.44. The van der Waals surface area contributed by atoms with Crippen LogP contribution < -0.4 is 14.5 Å². The van der Waals surface area contributed by atoms with Gasteiger partial charge in [0.2, 0.25) is 0 Å². The van der Waals surface area contributed by atoms with Gasteiger partial charge in [-0.2, -0.15) is 0 Å². The van der Waals surface area contributed by atoms with Gasteiger partial charge in [0.05, 0.1) is 13.3 Å². The fourth-order valence-corrected chi connectivity index (χ4v) is 4.41. The Balaban J connectivity index is 1.76. The number of nitrogens with zero attached hydrogens (tertiary/aromatic N) is 3. The van der Waals surface area contributed by atoms with Crippen molar-refractivity contribution in [3.05, 3.63) is 54.5 Å². The molecule has 27 heavy (non-hydrogen) atoms. The molecule has 0 amide bonds. The first-order chi connectivity index (χ1) is 13.0. The van der Waals surface area contributed by atoms with Crippen molar-refractivity contribution in [2.45, 2.75) is 37.6 Å². The van der Waals surface area contributed by atoms with Gasteiger partial charge in [-0.3, -0.25) is 4.98 Å². The lowest BCUT2D eigenvalue weighted by molar-refractivity contribution is 0.409. The number of hydrogen-bond acceptors (Lipinski definition) is 5. The number of allylic oxidation sites excluding steroid dienone is 1. The van der Waals surface area contributed by atoms with Gasteiger partial charge in [0.15, 0.2) is 0 Å². The molecule has 0 N–H and O–H groups in total. The van der Waals surface area contributed by atoms with Gasteiger partial charge >= 0.3 is 0 Å². The molecule has 0 spiro atoms. The highest BCUT2D eigenvalue weighted by Crippen LogP contribution is 2.35. The zero-order chi connectivity index (χ0) is 19.4. The summed E-state index contributed by atoms with van der Waals surface area (Å²) < 4.78 is 5.56. The van der Waals surface area contributed by atoms with E-state index in [0.29, 0.717) is 6.04 Å². The first-order valence-corrected chi connectivity index (χ1v) is 10.6. The molecule has 144 valence electrons. The van der Waals surface area contributed by atoms with E-state index in [1.54, 1.807) is 25.1 Å². The molecule has 0 unspecified atom stereocenters. The summed E-state index contributed by atoms with van der Waals surface area (Å²) in [7, 11) is 1.71. The number of ether oxygens (including phenoxy) is 1. The molecule has 5 heteroatoms. The van der Waals surface area contributed by atoms with Crippen molar-refractivity contribution >= 4 is 23.1 Å². The molecule has 3 rings (SSSR count). The molecular weight excluding hydrogens is 354 g/mol. The minimum absolute atomic E-state index is 0.405. The molecule has 2 aromatic rings. The normalized spacial score (nSPS) is 14.9. The Morgan fingerprint density at radius 2 is 2.04 bits per heavy atom. The van der Waals surface area contributed by atoms with Crippen molar-refractivity contribution in [3.63, 3.8) is 0 Å². The standard InChI is InChI=1S/C22H29N3OS/c1-16(2)25(21-15-23-11-8-22(21)26-4)18-9-12-24(13-10-18)20-7-6-19(27-5)14-17(20)3/h6-8,11,14-15,18H,1,9-10,12-13H2,2-5H3. The molecule has 0 saturated carbocycles. The smallest absolute Gasteiger partial charge is 0.145 e. The summed E-state index contributed by atoms with van der Waals surface area (Å²) in [5.74, 6) is 0.846. The van der Waals surface area contributed by atoms with E-state index < -0.39 is 0 Å². The third-order valence-electron chi connectivity index (χ3n) is 5.23. The maximum absolute atomic E-state index is 5.56. The summed E-state index contributed by atoms with van der Waals surface area (Å²) in [4.78, 5) is 10.4. The van der Waals surface area contributed by atoms with Crippen LogP contribution in [0.15, 0.2) is 53.8 Å². The summed E-state index contributed by atoms with van der Waals surface area (Å²) in [6, 6.07) is 9.09. The van der Waals surface area contributed by atoms with Crippen LogP contribution in [0.1, 0.15) is 25.3 Å². The molecule has 4 nitrogen and oxygen atoms in total. The van der Waals surface area contributed by atoms with Crippen LogP contribution in [0.25, 0.3) is 0 Å². The molecule has 0 radical (unpaired) electrons. The number of hydrogen-bond donors (Lipinski definition) is 0. The van der Waals surface area contributed by atoms with E-state index >= 15 is 0 Å². The highest BCUT2D eigenvalue weighted by molar-refractivity contribution is 7.98. The summed E-state index contributed by atoms with van der Waals surface area (Å²) in [5, 5.41) is 0. The van der Waals surface area contributed by atoms with Crippen molar-refractivity contribution in [1.82, 2.24) is 4.98 Å². The third kappa shape index (κ3) is 4.24. The lowest BCUT2D eigenvalue weighted by Gasteiger charge is -2.41. The van der Waals surface area contributed by atoms with Crippen LogP contribution in [-0.4, -0.2) is 37.5 Å². The molecule has 1 aromatic heterocycles. The fourth-order valence-electron chi connectivity index (χ4n) is 3.92. The molecule has 0 bridgehead atoms. The van der Waals surface area contributed by atoms with E-state index in [0.717, 1.165) is 43.1 Å². The number of thioether (sulfide) groups is 1. The first-order valence-electron chi connectivity index (χ1n) is 9.37. The van der Waals surface area contributed by atoms with Crippen molar-refractivity contribution < 1.29 is 4.74 Å². The van der Waals surface area contributed by atoms with E-state index in [4.69, 9.17) is 4.74 Å². The molecule has 1 aromatic carbocycles. The Labute approximate surface area is 167 Å². The van der Waals surface area contributed by atoms with Crippen LogP contribution in [0.2, 0.25) is 0 Å². The molecule has 1 aliphatic rings. The number of piperidine rings is 1.